The van der Waals surface area contributed by atoms with Crippen LogP contribution in [0.3, 0.4) is 0 Å². The average molecular weight is 348 g/mol. The maximum absolute atomic E-state index is 12.8. The van der Waals surface area contributed by atoms with E-state index in [4.69, 9.17) is 4.52 Å². The number of rotatable bonds is 5. The maximum atomic E-state index is 12.8. The molecule has 0 aliphatic carbocycles. The van der Waals surface area contributed by atoms with Crippen molar-refractivity contribution in [2.24, 2.45) is 0 Å². The van der Waals surface area contributed by atoms with Gasteiger partial charge in [-0.3, -0.25) is 0 Å². The van der Waals surface area contributed by atoms with Crippen LogP contribution >= 0.6 is 11.3 Å². The predicted molar refractivity (Wildman–Crippen MR) is 93.0 cm³/mol. The fourth-order valence-corrected chi connectivity index (χ4v) is 3.85. The Balaban J connectivity index is 1.71. The van der Waals surface area contributed by atoms with Crippen molar-refractivity contribution in [1.82, 2.24) is 20.4 Å². The number of amides is 2. The van der Waals surface area contributed by atoms with Crippen LogP contribution in [0.4, 0.5) is 4.79 Å². The summed E-state index contributed by atoms with van der Waals surface area (Å²) in [6.07, 6.45) is 2.70. The molecule has 2 amide bonds. The molecule has 1 saturated heterocycles. The summed E-state index contributed by atoms with van der Waals surface area (Å²) in [7, 11) is 0. The molecule has 0 spiro atoms. The van der Waals surface area contributed by atoms with E-state index in [1.807, 2.05) is 30.2 Å². The summed E-state index contributed by atoms with van der Waals surface area (Å²) in [6.45, 7) is 6.84. The maximum Gasteiger partial charge on any atom is 0.318 e. The van der Waals surface area contributed by atoms with Crippen molar-refractivity contribution in [3.63, 3.8) is 0 Å². The third-order valence-electron chi connectivity index (χ3n) is 4.36. The molecule has 24 heavy (non-hydrogen) atoms. The molecule has 1 N–H and O–H groups in total. The second kappa shape index (κ2) is 7.34. The van der Waals surface area contributed by atoms with Crippen LogP contribution in [0.1, 0.15) is 74.6 Å². The Morgan fingerprint density at radius 1 is 1.54 bits per heavy atom. The summed E-state index contributed by atoms with van der Waals surface area (Å²) in [6, 6.07) is 3.99. The Morgan fingerprint density at radius 3 is 3.00 bits per heavy atom. The number of urea groups is 1. The topological polar surface area (TPSA) is 71.3 Å². The van der Waals surface area contributed by atoms with E-state index < -0.39 is 0 Å². The molecule has 1 fully saturated rings. The molecule has 2 unspecified atom stereocenters. The molecule has 1 aliphatic heterocycles. The van der Waals surface area contributed by atoms with Crippen LogP contribution in [-0.2, 0) is 0 Å². The lowest BCUT2D eigenvalue weighted by Crippen LogP contribution is -2.41. The van der Waals surface area contributed by atoms with Crippen molar-refractivity contribution < 1.29 is 9.32 Å². The van der Waals surface area contributed by atoms with Gasteiger partial charge in [0.25, 0.3) is 0 Å². The first-order valence-corrected chi connectivity index (χ1v) is 9.42. The van der Waals surface area contributed by atoms with Gasteiger partial charge < -0.3 is 14.7 Å². The van der Waals surface area contributed by atoms with E-state index in [9.17, 15) is 4.79 Å². The summed E-state index contributed by atoms with van der Waals surface area (Å²) in [5.74, 6) is 1.44. The smallest absolute Gasteiger partial charge is 0.318 e. The van der Waals surface area contributed by atoms with E-state index in [-0.39, 0.29) is 24.0 Å². The first-order valence-electron chi connectivity index (χ1n) is 8.54. The monoisotopic (exact) mass is 348 g/mol. The van der Waals surface area contributed by atoms with Crippen LogP contribution in [0, 0.1) is 0 Å². The minimum Gasteiger partial charge on any atom is -0.339 e. The lowest BCUT2D eigenvalue weighted by Gasteiger charge is -2.25. The van der Waals surface area contributed by atoms with Crippen molar-refractivity contribution in [1.29, 1.82) is 0 Å². The Bertz CT molecular complexity index is 668. The number of carbonyl (C=O) groups is 1. The van der Waals surface area contributed by atoms with Gasteiger partial charge in [-0.1, -0.05) is 32.0 Å². The lowest BCUT2D eigenvalue weighted by atomic mass is 10.2. The minimum absolute atomic E-state index is 0.0475. The van der Waals surface area contributed by atoms with E-state index in [1.165, 1.54) is 4.88 Å². The highest BCUT2D eigenvalue weighted by atomic mass is 32.1. The first kappa shape index (κ1) is 17.0. The largest absolute Gasteiger partial charge is 0.339 e. The third kappa shape index (κ3) is 3.45. The third-order valence-corrected chi connectivity index (χ3v) is 5.34. The van der Waals surface area contributed by atoms with Gasteiger partial charge in [0.15, 0.2) is 5.82 Å². The number of likely N-dealkylation sites (tertiary alicyclic amines) is 1. The van der Waals surface area contributed by atoms with Gasteiger partial charge in [0.2, 0.25) is 5.89 Å². The van der Waals surface area contributed by atoms with Crippen molar-refractivity contribution in [3.8, 4) is 0 Å². The van der Waals surface area contributed by atoms with Crippen LogP contribution in [0.25, 0.3) is 0 Å². The van der Waals surface area contributed by atoms with E-state index in [2.05, 4.69) is 28.4 Å². The molecule has 3 rings (SSSR count). The first-order chi connectivity index (χ1) is 11.6. The number of nitrogens with one attached hydrogen (secondary N) is 1. The molecular formula is C17H24N4O2S. The van der Waals surface area contributed by atoms with Crippen molar-refractivity contribution in [3.05, 3.63) is 34.1 Å². The Kier molecular flexibility index (Phi) is 5.18. The van der Waals surface area contributed by atoms with Crippen molar-refractivity contribution in [2.75, 3.05) is 6.54 Å². The molecule has 0 saturated carbocycles. The molecule has 130 valence electrons. The van der Waals surface area contributed by atoms with Gasteiger partial charge in [0.05, 0.1) is 12.1 Å². The highest BCUT2D eigenvalue weighted by molar-refractivity contribution is 7.10. The summed E-state index contributed by atoms with van der Waals surface area (Å²) in [4.78, 5) is 20.3. The van der Waals surface area contributed by atoms with Gasteiger partial charge in [-0.25, -0.2) is 4.79 Å². The van der Waals surface area contributed by atoms with Crippen LogP contribution in [0.5, 0.6) is 0 Å². The van der Waals surface area contributed by atoms with Gasteiger partial charge in [0.1, 0.15) is 0 Å². The fourth-order valence-electron chi connectivity index (χ4n) is 2.99. The molecule has 0 aromatic carbocycles. The molecule has 0 radical (unpaired) electrons. The molecule has 3 heterocycles. The normalized spacial score (nSPS) is 19.0. The molecule has 0 bridgehead atoms. The quantitative estimate of drug-likeness (QED) is 0.877. The minimum atomic E-state index is -0.0953. The zero-order valence-corrected chi connectivity index (χ0v) is 15.2. The van der Waals surface area contributed by atoms with Gasteiger partial charge in [0, 0.05) is 17.3 Å². The number of carbonyl (C=O) groups excluding carboxylic acids is 1. The predicted octanol–water partition coefficient (Wildman–Crippen LogP) is 4.25. The Hall–Kier alpha value is -1.89. The highest BCUT2D eigenvalue weighted by Crippen LogP contribution is 2.31. The number of thiophene rings is 1. The van der Waals surface area contributed by atoms with Crippen LogP contribution < -0.4 is 5.32 Å². The summed E-state index contributed by atoms with van der Waals surface area (Å²) in [5.41, 5.74) is 0. The van der Waals surface area contributed by atoms with E-state index >= 15 is 0 Å². The number of aromatic nitrogens is 2. The second-order valence-corrected chi connectivity index (χ2v) is 7.40. The number of hydrogen-bond acceptors (Lipinski definition) is 5. The van der Waals surface area contributed by atoms with Crippen LogP contribution in [0.2, 0.25) is 0 Å². The highest BCUT2D eigenvalue weighted by Gasteiger charge is 2.34. The van der Waals surface area contributed by atoms with Gasteiger partial charge in [-0.2, -0.15) is 4.98 Å². The molecule has 2 aromatic rings. The molecule has 1 aliphatic rings. The summed E-state index contributed by atoms with van der Waals surface area (Å²) >= 11 is 1.67. The van der Waals surface area contributed by atoms with Gasteiger partial charge in [-0.05, 0) is 30.7 Å². The molecule has 2 atom stereocenters. The molecule has 2 aromatic heterocycles. The lowest BCUT2D eigenvalue weighted by molar-refractivity contribution is 0.185. The SMILES string of the molecule is CCC(NC(=O)N1CCCC1c1noc(C(C)C)n1)c1cccs1. The second-order valence-electron chi connectivity index (χ2n) is 6.42. The zero-order valence-electron chi connectivity index (χ0n) is 14.4. The Morgan fingerprint density at radius 2 is 2.38 bits per heavy atom. The average Bonchev–Trinajstić information content (AvgIpc) is 3.32. The number of hydrogen-bond donors (Lipinski definition) is 1. The molecule has 6 nitrogen and oxygen atoms in total. The van der Waals surface area contributed by atoms with E-state index in [1.54, 1.807) is 11.3 Å². The summed E-state index contributed by atoms with van der Waals surface area (Å²) in [5, 5.41) is 9.28. The summed E-state index contributed by atoms with van der Waals surface area (Å²) < 4.78 is 5.31. The van der Waals surface area contributed by atoms with Gasteiger partial charge >= 0.3 is 6.03 Å². The van der Waals surface area contributed by atoms with Crippen LogP contribution in [-0.4, -0.2) is 27.6 Å². The number of nitrogens with zero attached hydrogens (tertiary/aromatic N) is 3. The standard InChI is InChI=1S/C17H24N4O2S/c1-4-12(14-8-6-10-24-14)18-17(22)21-9-5-7-13(21)15-19-16(11(2)3)23-20-15/h6,8,10-13H,4-5,7,9H2,1-3H3,(H,18,22). The Labute approximate surface area is 146 Å². The molecular weight excluding hydrogens is 324 g/mol. The van der Waals surface area contributed by atoms with E-state index in [0.717, 1.165) is 25.8 Å². The van der Waals surface area contributed by atoms with Crippen LogP contribution in [0.15, 0.2) is 22.0 Å². The molecule has 7 heteroatoms. The van der Waals surface area contributed by atoms with E-state index in [0.29, 0.717) is 11.7 Å². The van der Waals surface area contributed by atoms with Crippen molar-refractivity contribution in [2.45, 2.75) is 58.0 Å². The fraction of sp³-hybridized carbons (Fsp3) is 0.588. The zero-order chi connectivity index (χ0) is 17.1. The van der Waals surface area contributed by atoms with Crippen molar-refractivity contribution >= 4 is 17.4 Å². The van der Waals surface area contributed by atoms with Gasteiger partial charge in [-0.15, -0.1) is 11.3 Å².